The summed E-state index contributed by atoms with van der Waals surface area (Å²) in [7, 11) is 1.69. The largest absolute Gasteiger partial charge is 0.497 e. The topological polar surface area (TPSA) is 65.1 Å². The Hall–Kier alpha value is -2.55. The minimum Gasteiger partial charge on any atom is -0.497 e. The maximum absolute atomic E-state index is 12.4. The molecular weight excluding hydrogens is 436 g/mol. The van der Waals surface area contributed by atoms with E-state index in [-0.39, 0.29) is 23.2 Å². The van der Waals surface area contributed by atoms with Crippen LogP contribution in [0.3, 0.4) is 0 Å². The number of rotatable bonds is 5. The van der Waals surface area contributed by atoms with Gasteiger partial charge in [0.15, 0.2) is 0 Å². The highest BCUT2D eigenvalue weighted by Gasteiger charge is 2.39. The number of carbonyl (C=O) groups excluding carboxylic acids is 2. The summed E-state index contributed by atoms with van der Waals surface area (Å²) in [6.07, 6.45) is 0.943. The zero-order valence-corrected chi connectivity index (χ0v) is 19.8. The molecule has 1 N–H and O–H groups in total. The smallest absolute Gasteiger partial charge is 0.243 e. The molecule has 2 atom stereocenters. The van der Waals surface area contributed by atoms with E-state index in [0.717, 1.165) is 38.5 Å². The van der Waals surface area contributed by atoms with Gasteiger partial charge in [-0.25, -0.2) is 0 Å². The predicted molar refractivity (Wildman–Crippen MR) is 130 cm³/mol. The first-order chi connectivity index (χ1) is 16.0. The van der Waals surface area contributed by atoms with Gasteiger partial charge < -0.3 is 9.64 Å². The van der Waals surface area contributed by atoms with E-state index in [1.807, 2.05) is 12.1 Å². The van der Waals surface area contributed by atoms with Crippen LogP contribution in [0.1, 0.15) is 34.9 Å². The molecule has 33 heavy (non-hydrogen) atoms. The lowest BCUT2D eigenvalue weighted by atomic mass is 10.0. The molecule has 8 heteroatoms. The number of nitrogens with zero attached hydrogens (tertiary/aromatic N) is 3. The van der Waals surface area contributed by atoms with Gasteiger partial charge in [0.25, 0.3) is 0 Å². The Morgan fingerprint density at radius 2 is 1.82 bits per heavy atom. The lowest BCUT2D eigenvalue weighted by molar-refractivity contribution is -0.137. The van der Waals surface area contributed by atoms with Gasteiger partial charge >= 0.3 is 0 Å². The molecular formula is C25H30N4O3S. The number of piperidine rings is 1. The molecule has 3 aliphatic heterocycles. The van der Waals surface area contributed by atoms with E-state index in [1.165, 1.54) is 22.4 Å². The molecule has 2 unspecified atom stereocenters. The fourth-order valence-corrected chi connectivity index (χ4v) is 5.57. The van der Waals surface area contributed by atoms with E-state index < -0.39 is 0 Å². The van der Waals surface area contributed by atoms with Crippen molar-refractivity contribution in [1.82, 2.24) is 15.1 Å². The lowest BCUT2D eigenvalue weighted by Crippen LogP contribution is -2.51. The number of ether oxygens (including phenoxy) is 1. The van der Waals surface area contributed by atoms with Gasteiger partial charge in [-0.15, -0.1) is 0 Å². The maximum atomic E-state index is 12.4. The van der Waals surface area contributed by atoms with Crippen molar-refractivity contribution < 1.29 is 14.3 Å². The Bertz CT molecular complexity index is 1040. The maximum Gasteiger partial charge on any atom is 0.243 e. The summed E-state index contributed by atoms with van der Waals surface area (Å²) in [5.74, 6) is 0.499. The molecule has 5 rings (SSSR count). The van der Waals surface area contributed by atoms with E-state index in [4.69, 9.17) is 17.4 Å². The minimum absolute atomic E-state index is 0.129. The monoisotopic (exact) mass is 466 g/mol. The van der Waals surface area contributed by atoms with Gasteiger partial charge in [-0.2, -0.15) is 12.6 Å². The number of fused-ring (bicyclic) bond motifs is 1. The van der Waals surface area contributed by atoms with Crippen molar-refractivity contribution in [3.05, 3.63) is 59.2 Å². The molecule has 3 heterocycles. The molecule has 0 aromatic heterocycles. The fourth-order valence-electron chi connectivity index (χ4n) is 5.08. The van der Waals surface area contributed by atoms with E-state index >= 15 is 0 Å². The standard InChI is InChI=1S/C25H30N4O3S/c1-32-20-6-4-19(5-7-20)28-12-10-27(11-13-28)15-17-2-3-18-16-29(25(33)21(18)14-17)22-8-9-23(30)26-24(22)31/h2-7,14,22,25,33H,8-13,15-16H2,1H3,(H,26,30,31). The third-order valence-electron chi connectivity index (χ3n) is 6.98. The SMILES string of the molecule is COc1ccc(N2CCN(Cc3ccc4c(c3)C(S)N(C3CCC(=O)NC3=O)C4)CC2)cc1. The first kappa shape index (κ1) is 22.3. The highest BCUT2D eigenvalue weighted by Crippen LogP contribution is 2.39. The minimum atomic E-state index is -0.299. The Kier molecular flexibility index (Phi) is 6.32. The molecule has 2 fully saturated rings. The Balaban J connectivity index is 1.19. The molecule has 3 aliphatic rings. The van der Waals surface area contributed by atoms with Gasteiger partial charge in [0.1, 0.15) is 5.75 Å². The number of benzene rings is 2. The van der Waals surface area contributed by atoms with Crippen LogP contribution in [0, 0.1) is 0 Å². The molecule has 0 spiro atoms. The molecule has 2 amide bonds. The van der Waals surface area contributed by atoms with Crippen molar-refractivity contribution in [1.29, 1.82) is 0 Å². The van der Waals surface area contributed by atoms with Crippen LogP contribution in [0.15, 0.2) is 42.5 Å². The quantitative estimate of drug-likeness (QED) is 0.522. The molecule has 2 aromatic carbocycles. The molecule has 0 bridgehead atoms. The van der Waals surface area contributed by atoms with Crippen LogP contribution in [0.4, 0.5) is 5.69 Å². The highest BCUT2D eigenvalue weighted by molar-refractivity contribution is 7.80. The molecule has 174 valence electrons. The zero-order chi connectivity index (χ0) is 22.9. The van der Waals surface area contributed by atoms with Crippen LogP contribution in [-0.4, -0.2) is 60.9 Å². The summed E-state index contributed by atoms with van der Waals surface area (Å²) < 4.78 is 5.26. The van der Waals surface area contributed by atoms with Gasteiger partial charge in [-0.1, -0.05) is 18.2 Å². The third-order valence-corrected chi connectivity index (χ3v) is 7.56. The van der Waals surface area contributed by atoms with Crippen molar-refractivity contribution in [2.24, 2.45) is 0 Å². The number of anilines is 1. The number of imide groups is 1. The first-order valence-electron chi connectivity index (χ1n) is 11.5. The van der Waals surface area contributed by atoms with Crippen LogP contribution in [0.25, 0.3) is 0 Å². The van der Waals surface area contributed by atoms with Crippen LogP contribution in [-0.2, 0) is 22.7 Å². The molecule has 2 aromatic rings. The average molecular weight is 467 g/mol. The van der Waals surface area contributed by atoms with E-state index in [0.29, 0.717) is 19.4 Å². The molecule has 7 nitrogen and oxygen atoms in total. The van der Waals surface area contributed by atoms with E-state index in [9.17, 15) is 9.59 Å². The Morgan fingerprint density at radius 1 is 1.06 bits per heavy atom. The van der Waals surface area contributed by atoms with Crippen molar-refractivity contribution >= 4 is 30.1 Å². The second-order valence-electron chi connectivity index (χ2n) is 9.01. The van der Waals surface area contributed by atoms with Gasteiger partial charge in [0.2, 0.25) is 11.8 Å². The zero-order valence-electron chi connectivity index (χ0n) is 18.9. The van der Waals surface area contributed by atoms with Gasteiger partial charge in [0.05, 0.1) is 18.5 Å². The normalized spacial score (nSPS) is 24.0. The van der Waals surface area contributed by atoms with Crippen LogP contribution in [0.2, 0.25) is 0 Å². The van der Waals surface area contributed by atoms with Crippen molar-refractivity contribution in [3.63, 3.8) is 0 Å². The molecule has 0 radical (unpaired) electrons. The van der Waals surface area contributed by atoms with Crippen LogP contribution in [0.5, 0.6) is 5.75 Å². The number of piperazine rings is 1. The fraction of sp³-hybridized carbons (Fsp3) is 0.440. The summed E-state index contributed by atoms with van der Waals surface area (Å²) in [5.41, 5.74) is 4.90. The van der Waals surface area contributed by atoms with Crippen molar-refractivity contribution in [2.75, 3.05) is 38.2 Å². The molecule has 2 saturated heterocycles. The first-order valence-corrected chi connectivity index (χ1v) is 12.0. The Labute approximate surface area is 200 Å². The van der Waals surface area contributed by atoms with E-state index in [1.54, 1.807) is 7.11 Å². The predicted octanol–water partition coefficient (Wildman–Crippen LogP) is 2.57. The number of hydrogen-bond acceptors (Lipinski definition) is 7. The van der Waals surface area contributed by atoms with Crippen molar-refractivity contribution in [3.8, 4) is 5.75 Å². The number of carbonyl (C=O) groups is 2. The Morgan fingerprint density at radius 3 is 2.52 bits per heavy atom. The van der Waals surface area contributed by atoms with Crippen LogP contribution >= 0.6 is 12.6 Å². The average Bonchev–Trinajstić information content (AvgIpc) is 3.15. The van der Waals surface area contributed by atoms with Crippen LogP contribution < -0.4 is 15.0 Å². The summed E-state index contributed by atoms with van der Waals surface area (Å²) >= 11 is 4.85. The molecule has 0 saturated carbocycles. The summed E-state index contributed by atoms with van der Waals surface area (Å²) in [6.45, 7) is 5.61. The van der Waals surface area contributed by atoms with E-state index in [2.05, 4.69) is 50.3 Å². The second-order valence-corrected chi connectivity index (χ2v) is 9.50. The third kappa shape index (κ3) is 4.60. The van der Waals surface area contributed by atoms with Gasteiger partial charge in [-0.3, -0.25) is 24.7 Å². The summed E-state index contributed by atoms with van der Waals surface area (Å²) in [4.78, 5) is 30.9. The highest BCUT2D eigenvalue weighted by atomic mass is 32.1. The summed E-state index contributed by atoms with van der Waals surface area (Å²) in [5, 5.41) is 2.34. The number of amides is 2. The number of thiol groups is 1. The number of nitrogens with one attached hydrogen (secondary N) is 1. The second kappa shape index (κ2) is 9.37. The summed E-state index contributed by atoms with van der Waals surface area (Å²) in [6, 6.07) is 14.6. The number of methoxy groups -OCH3 is 1. The lowest BCUT2D eigenvalue weighted by Gasteiger charge is -2.36. The number of hydrogen-bond donors (Lipinski definition) is 2. The molecule has 0 aliphatic carbocycles. The van der Waals surface area contributed by atoms with Crippen molar-refractivity contribution in [2.45, 2.75) is 37.3 Å². The van der Waals surface area contributed by atoms with Gasteiger partial charge in [0, 0.05) is 51.4 Å². The van der Waals surface area contributed by atoms with Gasteiger partial charge in [-0.05, 0) is 47.4 Å².